The molecule has 0 saturated heterocycles. The second-order valence-corrected chi connectivity index (χ2v) is 4.84. The van der Waals surface area contributed by atoms with Crippen molar-refractivity contribution in [3.63, 3.8) is 0 Å². The van der Waals surface area contributed by atoms with Gasteiger partial charge < -0.3 is 0 Å². The topological polar surface area (TPSA) is 0 Å². The van der Waals surface area contributed by atoms with Gasteiger partial charge in [0.2, 0.25) is 0 Å². The summed E-state index contributed by atoms with van der Waals surface area (Å²) in [5, 5.41) is 0. The molecule has 11 heavy (non-hydrogen) atoms. The Balaban J connectivity index is 0.000000167. The maximum Gasteiger partial charge on any atom is -0.0329 e. The number of hydrogen-bond acceptors (Lipinski definition) is 0. The predicted molar refractivity (Wildman–Crippen MR) is 50.6 cm³/mol. The van der Waals surface area contributed by atoms with E-state index in [1.807, 2.05) is 0 Å². The Bertz CT molecular complexity index is 108. The Morgan fingerprint density at radius 2 is 1.55 bits per heavy atom. The van der Waals surface area contributed by atoms with E-state index in [9.17, 15) is 0 Å². The first kappa shape index (κ1) is 9.09. The molecule has 1 unspecified atom stereocenters. The van der Waals surface area contributed by atoms with Gasteiger partial charge in [-0.3, -0.25) is 0 Å². The summed E-state index contributed by atoms with van der Waals surface area (Å²) in [5.41, 5.74) is 0.653. The summed E-state index contributed by atoms with van der Waals surface area (Å²) in [4.78, 5) is 0. The van der Waals surface area contributed by atoms with Gasteiger partial charge >= 0.3 is 0 Å². The van der Waals surface area contributed by atoms with Crippen LogP contribution in [0, 0.1) is 11.3 Å². The van der Waals surface area contributed by atoms with Gasteiger partial charge in [0.25, 0.3) is 0 Å². The minimum Gasteiger partial charge on any atom is -0.0620 e. The fourth-order valence-corrected chi connectivity index (χ4v) is 1.50. The third kappa shape index (κ3) is 3.27. The molecule has 66 valence electrons. The van der Waals surface area contributed by atoms with Crippen molar-refractivity contribution >= 4 is 0 Å². The maximum atomic E-state index is 2.38. The third-order valence-electron chi connectivity index (χ3n) is 3.15. The lowest BCUT2D eigenvalue weighted by molar-refractivity contribution is 0.281. The van der Waals surface area contributed by atoms with Gasteiger partial charge in [-0.1, -0.05) is 52.9 Å². The molecule has 0 aromatic carbocycles. The van der Waals surface area contributed by atoms with Crippen LogP contribution in [0.3, 0.4) is 0 Å². The van der Waals surface area contributed by atoms with Crippen molar-refractivity contribution in [2.24, 2.45) is 11.3 Å². The molecule has 2 aliphatic carbocycles. The molecule has 0 heterocycles. The Hall–Kier alpha value is 0. The molecule has 0 spiro atoms. The van der Waals surface area contributed by atoms with Crippen molar-refractivity contribution in [3.8, 4) is 0 Å². The predicted octanol–water partition coefficient (Wildman–Crippen LogP) is 4.00. The highest BCUT2D eigenvalue weighted by molar-refractivity contribution is 4.81. The molecule has 2 saturated carbocycles. The van der Waals surface area contributed by atoms with Gasteiger partial charge in [-0.25, -0.2) is 0 Å². The molecule has 2 aliphatic rings. The first-order chi connectivity index (χ1) is 5.13. The fourth-order valence-electron chi connectivity index (χ4n) is 1.50. The van der Waals surface area contributed by atoms with Gasteiger partial charge in [-0.2, -0.15) is 0 Å². The molecule has 2 rings (SSSR count). The van der Waals surface area contributed by atoms with Gasteiger partial charge in [0, 0.05) is 0 Å². The van der Waals surface area contributed by atoms with Crippen LogP contribution < -0.4 is 0 Å². The standard InChI is InChI=1S/C8H16.C3H6/c1-7-5-4-6-8(7,2)3;1-2-3-1/h7H,4-6H2,1-3H3;1-3H2. The smallest absolute Gasteiger partial charge is 0.0329 e. The summed E-state index contributed by atoms with van der Waals surface area (Å²) in [7, 11) is 0. The van der Waals surface area contributed by atoms with Crippen LogP contribution in [0.4, 0.5) is 0 Å². The SMILES string of the molecule is C1CC1.CC1CCCC1(C)C. The van der Waals surface area contributed by atoms with E-state index < -0.39 is 0 Å². The molecule has 0 aliphatic heterocycles. The zero-order valence-electron chi connectivity index (χ0n) is 8.32. The first-order valence-electron chi connectivity index (χ1n) is 5.13. The first-order valence-corrected chi connectivity index (χ1v) is 5.13. The van der Waals surface area contributed by atoms with Crippen LogP contribution >= 0.6 is 0 Å². The van der Waals surface area contributed by atoms with Crippen LogP contribution in [0.2, 0.25) is 0 Å². The maximum absolute atomic E-state index is 2.38. The summed E-state index contributed by atoms with van der Waals surface area (Å²) in [6.45, 7) is 7.13. The van der Waals surface area contributed by atoms with Crippen molar-refractivity contribution in [1.82, 2.24) is 0 Å². The van der Waals surface area contributed by atoms with Crippen LogP contribution in [0.1, 0.15) is 59.3 Å². The average Bonchev–Trinajstić information content (AvgIpc) is 2.68. The molecule has 2 fully saturated rings. The molecular formula is C11H22. The van der Waals surface area contributed by atoms with E-state index in [0.717, 1.165) is 5.92 Å². The Kier molecular flexibility index (Phi) is 2.98. The zero-order valence-corrected chi connectivity index (χ0v) is 8.32. The average molecular weight is 154 g/mol. The molecule has 0 nitrogen and oxygen atoms in total. The van der Waals surface area contributed by atoms with E-state index in [0.29, 0.717) is 5.41 Å². The Labute approximate surface area is 71.4 Å². The Morgan fingerprint density at radius 1 is 1.00 bits per heavy atom. The lowest BCUT2D eigenvalue weighted by Crippen LogP contribution is -2.13. The second kappa shape index (κ2) is 3.60. The Morgan fingerprint density at radius 3 is 1.64 bits per heavy atom. The van der Waals surface area contributed by atoms with Crippen molar-refractivity contribution in [1.29, 1.82) is 0 Å². The second-order valence-electron chi connectivity index (χ2n) is 4.84. The van der Waals surface area contributed by atoms with E-state index in [1.165, 1.54) is 38.5 Å². The molecule has 0 bridgehead atoms. The minimum atomic E-state index is 0.653. The van der Waals surface area contributed by atoms with Gasteiger partial charge in [0.05, 0.1) is 0 Å². The van der Waals surface area contributed by atoms with Crippen molar-refractivity contribution in [2.45, 2.75) is 59.3 Å². The summed E-state index contributed by atoms with van der Waals surface area (Å²) in [6, 6.07) is 0. The fraction of sp³-hybridized carbons (Fsp3) is 1.00. The quantitative estimate of drug-likeness (QED) is 0.494. The lowest BCUT2D eigenvalue weighted by Gasteiger charge is -2.22. The van der Waals surface area contributed by atoms with E-state index in [1.54, 1.807) is 0 Å². The highest BCUT2D eigenvalue weighted by Gasteiger charge is 2.30. The molecule has 0 N–H and O–H groups in total. The number of hydrogen-bond donors (Lipinski definition) is 0. The molecular weight excluding hydrogens is 132 g/mol. The summed E-state index contributed by atoms with van der Waals surface area (Å²) >= 11 is 0. The van der Waals surface area contributed by atoms with E-state index >= 15 is 0 Å². The normalized spacial score (nSPS) is 32.5. The van der Waals surface area contributed by atoms with Crippen LogP contribution in [0.5, 0.6) is 0 Å². The van der Waals surface area contributed by atoms with E-state index in [-0.39, 0.29) is 0 Å². The van der Waals surface area contributed by atoms with E-state index in [2.05, 4.69) is 20.8 Å². The van der Waals surface area contributed by atoms with Gasteiger partial charge in [-0.05, 0) is 17.8 Å². The molecule has 1 atom stereocenters. The zero-order chi connectivity index (χ0) is 8.32. The van der Waals surface area contributed by atoms with Gasteiger partial charge in [0.1, 0.15) is 0 Å². The highest BCUT2D eigenvalue weighted by Crippen LogP contribution is 2.41. The van der Waals surface area contributed by atoms with Crippen molar-refractivity contribution in [2.75, 3.05) is 0 Å². The summed E-state index contributed by atoms with van der Waals surface area (Å²) in [5.74, 6) is 0.961. The molecule has 0 heteroatoms. The monoisotopic (exact) mass is 154 g/mol. The third-order valence-corrected chi connectivity index (χ3v) is 3.15. The largest absolute Gasteiger partial charge is 0.0620 e. The molecule has 0 aromatic heterocycles. The molecule has 0 radical (unpaired) electrons. The van der Waals surface area contributed by atoms with Gasteiger partial charge in [-0.15, -0.1) is 0 Å². The summed E-state index contributed by atoms with van der Waals surface area (Å²) in [6.07, 6.45) is 8.84. The van der Waals surface area contributed by atoms with E-state index in [4.69, 9.17) is 0 Å². The highest BCUT2D eigenvalue weighted by atomic mass is 14.4. The van der Waals surface area contributed by atoms with Crippen LogP contribution in [-0.2, 0) is 0 Å². The van der Waals surface area contributed by atoms with Crippen LogP contribution in [0.25, 0.3) is 0 Å². The summed E-state index contributed by atoms with van der Waals surface area (Å²) < 4.78 is 0. The molecule has 0 aromatic rings. The van der Waals surface area contributed by atoms with Gasteiger partial charge in [0.15, 0.2) is 0 Å². The van der Waals surface area contributed by atoms with Crippen LogP contribution in [0.15, 0.2) is 0 Å². The van der Waals surface area contributed by atoms with Crippen molar-refractivity contribution in [3.05, 3.63) is 0 Å². The molecule has 0 amide bonds. The minimum absolute atomic E-state index is 0.653. The number of rotatable bonds is 0. The van der Waals surface area contributed by atoms with Crippen LogP contribution in [-0.4, -0.2) is 0 Å². The van der Waals surface area contributed by atoms with Crippen molar-refractivity contribution < 1.29 is 0 Å². The lowest BCUT2D eigenvalue weighted by atomic mass is 9.83.